The van der Waals surface area contributed by atoms with E-state index < -0.39 is 0 Å². The van der Waals surface area contributed by atoms with Crippen molar-refractivity contribution >= 4 is 11.8 Å². The topological polar surface area (TPSA) is 77.1 Å². The molecule has 0 aromatic heterocycles. The van der Waals surface area contributed by atoms with Gasteiger partial charge in [-0.2, -0.15) is 0 Å². The van der Waals surface area contributed by atoms with Crippen LogP contribution in [-0.4, -0.2) is 43.7 Å². The zero-order chi connectivity index (χ0) is 19.2. The number of carbonyl (C=O) groups excluding carboxylic acids is 2. The number of hydrogen-bond acceptors (Lipinski definition) is 5. The van der Waals surface area contributed by atoms with E-state index in [2.05, 4.69) is 5.32 Å². The first-order chi connectivity index (χ1) is 13.1. The van der Waals surface area contributed by atoms with Gasteiger partial charge in [-0.1, -0.05) is 12.1 Å². The molecule has 0 spiro atoms. The van der Waals surface area contributed by atoms with Crippen LogP contribution in [0.2, 0.25) is 0 Å². The van der Waals surface area contributed by atoms with Crippen molar-refractivity contribution in [3.63, 3.8) is 0 Å². The van der Waals surface area contributed by atoms with Crippen LogP contribution < -0.4 is 19.5 Å². The Labute approximate surface area is 157 Å². The standard InChI is InChI=1S/C20H22N2O5/c1-14(23)22(12-15-6-7-18-19(10-15)27-13-26-18)9-8-21-20(24)16-4-3-5-17(11-16)25-2/h3-7,10-11H,8-9,12-13H2,1-2H3,(H,21,24). The van der Waals surface area contributed by atoms with Gasteiger partial charge in [0.1, 0.15) is 5.75 Å². The number of nitrogens with zero attached hydrogens (tertiary/aromatic N) is 1. The van der Waals surface area contributed by atoms with Gasteiger partial charge < -0.3 is 24.4 Å². The average molecular weight is 370 g/mol. The van der Waals surface area contributed by atoms with Gasteiger partial charge in [-0.3, -0.25) is 9.59 Å². The predicted octanol–water partition coefficient (Wildman–Crippen LogP) is 2.20. The Bertz CT molecular complexity index is 837. The second-order valence-electron chi connectivity index (χ2n) is 6.12. The molecule has 1 aliphatic rings. The van der Waals surface area contributed by atoms with Crippen LogP contribution in [0.3, 0.4) is 0 Å². The molecule has 7 nitrogen and oxygen atoms in total. The summed E-state index contributed by atoms with van der Waals surface area (Å²) in [6.07, 6.45) is 0. The Morgan fingerprint density at radius 3 is 2.74 bits per heavy atom. The lowest BCUT2D eigenvalue weighted by Crippen LogP contribution is -2.37. The number of nitrogens with one attached hydrogen (secondary N) is 1. The largest absolute Gasteiger partial charge is 0.497 e. The molecule has 27 heavy (non-hydrogen) atoms. The molecular formula is C20H22N2O5. The van der Waals surface area contributed by atoms with Crippen LogP contribution in [-0.2, 0) is 11.3 Å². The Balaban J connectivity index is 1.55. The summed E-state index contributed by atoms with van der Waals surface area (Å²) in [6.45, 7) is 2.91. The smallest absolute Gasteiger partial charge is 0.251 e. The molecule has 142 valence electrons. The number of methoxy groups -OCH3 is 1. The second-order valence-corrected chi connectivity index (χ2v) is 6.12. The lowest BCUT2D eigenvalue weighted by Gasteiger charge is -2.21. The van der Waals surface area contributed by atoms with Gasteiger partial charge in [0.2, 0.25) is 12.7 Å². The first-order valence-corrected chi connectivity index (χ1v) is 8.63. The highest BCUT2D eigenvalue weighted by Crippen LogP contribution is 2.32. The molecule has 2 aromatic rings. The van der Waals surface area contributed by atoms with Gasteiger partial charge in [0.15, 0.2) is 11.5 Å². The summed E-state index contributed by atoms with van der Waals surface area (Å²) in [5, 5.41) is 2.83. The third-order valence-electron chi connectivity index (χ3n) is 4.25. The Kier molecular flexibility index (Phi) is 5.80. The Hall–Kier alpha value is -3.22. The Morgan fingerprint density at radius 1 is 1.15 bits per heavy atom. The van der Waals surface area contributed by atoms with Crippen molar-refractivity contribution in [1.29, 1.82) is 0 Å². The number of rotatable bonds is 7. The SMILES string of the molecule is COc1cccc(C(=O)NCCN(Cc2ccc3c(c2)OCO3)C(C)=O)c1. The van der Waals surface area contributed by atoms with Crippen molar-refractivity contribution < 1.29 is 23.8 Å². The van der Waals surface area contributed by atoms with Gasteiger partial charge in [0.25, 0.3) is 5.91 Å². The van der Waals surface area contributed by atoms with E-state index >= 15 is 0 Å². The van der Waals surface area contributed by atoms with Crippen molar-refractivity contribution in [2.75, 3.05) is 27.0 Å². The van der Waals surface area contributed by atoms with Gasteiger partial charge in [-0.25, -0.2) is 0 Å². The maximum absolute atomic E-state index is 12.2. The van der Waals surface area contributed by atoms with Crippen molar-refractivity contribution in [3.8, 4) is 17.2 Å². The molecular weight excluding hydrogens is 348 g/mol. The minimum atomic E-state index is -0.208. The molecule has 7 heteroatoms. The normalized spacial score (nSPS) is 11.8. The number of hydrogen-bond donors (Lipinski definition) is 1. The third kappa shape index (κ3) is 4.69. The van der Waals surface area contributed by atoms with Gasteiger partial charge >= 0.3 is 0 Å². The highest BCUT2D eigenvalue weighted by Gasteiger charge is 2.16. The number of benzene rings is 2. The second kappa shape index (κ2) is 8.44. The van der Waals surface area contributed by atoms with Crippen LogP contribution in [0.1, 0.15) is 22.8 Å². The van der Waals surface area contributed by atoms with Crippen molar-refractivity contribution in [2.24, 2.45) is 0 Å². The summed E-state index contributed by atoms with van der Waals surface area (Å²) < 4.78 is 15.8. The number of fused-ring (bicyclic) bond motifs is 1. The molecule has 0 fully saturated rings. The monoisotopic (exact) mass is 370 g/mol. The molecule has 0 bridgehead atoms. The predicted molar refractivity (Wildman–Crippen MR) is 99.0 cm³/mol. The summed E-state index contributed by atoms with van der Waals surface area (Å²) >= 11 is 0. The first kappa shape index (κ1) is 18.6. The van der Waals surface area contributed by atoms with Crippen molar-refractivity contribution in [3.05, 3.63) is 53.6 Å². The summed E-state index contributed by atoms with van der Waals surface area (Å²) in [7, 11) is 1.55. The molecule has 1 N–H and O–H groups in total. The Morgan fingerprint density at radius 2 is 1.96 bits per heavy atom. The maximum Gasteiger partial charge on any atom is 0.251 e. The van der Waals surface area contributed by atoms with Crippen LogP contribution in [0.25, 0.3) is 0 Å². The highest BCUT2D eigenvalue weighted by atomic mass is 16.7. The zero-order valence-corrected chi connectivity index (χ0v) is 15.4. The molecule has 1 aliphatic heterocycles. The first-order valence-electron chi connectivity index (χ1n) is 8.63. The molecule has 0 saturated heterocycles. The molecule has 0 unspecified atom stereocenters. The minimum Gasteiger partial charge on any atom is -0.497 e. The molecule has 2 amide bonds. The van der Waals surface area contributed by atoms with E-state index in [4.69, 9.17) is 14.2 Å². The van der Waals surface area contributed by atoms with Gasteiger partial charge in [-0.15, -0.1) is 0 Å². The number of ether oxygens (including phenoxy) is 3. The third-order valence-corrected chi connectivity index (χ3v) is 4.25. The van der Waals surface area contributed by atoms with Gasteiger partial charge in [-0.05, 0) is 35.9 Å². The van der Waals surface area contributed by atoms with E-state index in [9.17, 15) is 9.59 Å². The lowest BCUT2D eigenvalue weighted by atomic mass is 10.2. The van der Waals surface area contributed by atoms with Crippen molar-refractivity contribution in [1.82, 2.24) is 10.2 Å². The molecule has 0 atom stereocenters. The minimum absolute atomic E-state index is 0.0664. The average Bonchev–Trinajstić information content (AvgIpc) is 3.14. The molecule has 0 saturated carbocycles. The van der Waals surface area contributed by atoms with Crippen LogP contribution in [0.15, 0.2) is 42.5 Å². The van der Waals surface area contributed by atoms with Crippen LogP contribution in [0, 0.1) is 0 Å². The lowest BCUT2D eigenvalue weighted by molar-refractivity contribution is -0.129. The van der Waals surface area contributed by atoms with Crippen LogP contribution in [0.5, 0.6) is 17.2 Å². The summed E-state index contributed by atoms with van der Waals surface area (Å²) in [6, 6.07) is 12.5. The van der Waals surface area contributed by atoms with E-state index in [1.165, 1.54) is 6.92 Å². The van der Waals surface area contributed by atoms with E-state index in [1.54, 1.807) is 36.3 Å². The van der Waals surface area contributed by atoms with Gasteiger partial charge in [0, 0.05) is 32.1 Å². The molecule has 1 heterocycles. The van der Waals surface area contributed by atoms with Gasteiger partial charge in [0.05, 0.1) is 7.11 Å². The van der Waals surface area contributed by atoms with Crippen LogP contribution in [0.4, 0.5) is 0 Å². The number of amides is 2. The summed E-state index contributed by atoms with van der Waals surface area (Å²) in [5.41, 5.74) is 1.45. The fourth-order valence-electron chi connectivity index (χ4n) is 2.78. The summed E-state index contributed by atoms with van der Waals surface area (Å²) in [4.78, 5) is 25.9. The van der Waals surface area contributed by atoms with E-state index in [0.29, 0.717) is 42.4 Å². The van der Waals surface area contributed by atoms with Crippen molar-refractivity contribution in [2.45, 2.75) is 13.5 Å². The van der Waals surface area contributed by atoms with E-state index in [-0.39, 0.29) is 18.6 Å². The van der Waals surface area contributed by atoms with E-state index in [0.717, 1.165) is 5.56 Å². The fourth-order valence-corrected chi connectivity index (χ4v) is 2.78. The summed E-state index contributed by atoms with van der Waals surface area (Å²) in [5.74, 6) is 1.74. The molecule has 0 aliphatic carbocycles. The quantitative estimate of drug-likeness (QED) is 0.809. The van der Waals surface area contributed by atoms with E-state index in [1.807, 2.05) is 18.2 Å². The molecule has 0 radical (unpaired) electrons. The van der Waals surface area contributed by atoms with Crippen LogP contribution >= 0.6 is 0 Å². The highest BCUT2D eigenvalue weighted by molar-refractivity contribution is 5.94. The maximum atomic E-state index is 12.2. The molecule has 3 rings (SSSR count). The molecule has 2 aromatic carbocycles. The zero-order valence-electron chi connectivity index (χ0n) is 15.4. The number of carbonyl (C=O) groups is 2. The fraction of sp³-hybridized carbons (Fsp3) is 0.300.